The van der Waals surface area contributed by atoms with E-state index in [1.54, 1.807) is 0 Å². The Bertz CT molecular complexity index is 745. The van der Waals surface area contributed by atoms with Crippen LogP contribution in [-0.2, 0) is 10.0 Å². The van der Waals surface area contributed by atoms with Crippen molar-refractivity contribution < 1.29 is 21.6 Å². The zero-order chi connectivity index (χ0) is 14.9. The molecule has 0 aromatic heterocycles. The fourth-order valence-electron chi connectivity index (χ4n) is 1.52. The topological polar surface area (TPSA) is 46.2 Å². The zero-order valence-electron chi connectivity index (χ0n) is 9.70. The Morgan fingerprint density at radius 3 is 2.10 bits per heavy atom. The van der Waals surface area contributed by atoms with Crippen LogP contribution >= 0.6 is 15.9 Å². The Morgan fingerprint density at radius 2 is 1.50 bits per heavy atom. The zero-order valence-corrected chi connectivity index (χ0v) is 12.1. The van der Waals surface area contributed by atoms with Crippen molar-refractivity contribution >= 4 is 31.6 Å². The highest BCUT2D eigenvalue weighted by atomic mass is 79.9. The van der Waals surface area contributed by atoms with E-state index in [-0.39, 0.29) is 4.47 Å². The molecule has 1 N–H and O–H groups in total. The molecule has 2 rings (SSSR count). The van der Waals surface area contributed by atoms with Crippen molar-refractivity contribution in [2.45, 2.75) is 4.90 Å². The van der Waals surface area contributed by atoms with Crippen LogP contribution < -0.4 is 4.72 Å². The Hall–Kier alpha value is -1.54. The molecule has 0 saturated heterocycles. The summed E-state index contributed by atoms with van der Waals surface area (Å²) in [6.07, 6.45) is 0. The molecule has 0 saturated carbocycles. The van der Waals surface area contributed by atoms with Crippen molar-refractivity contribution in [3.05, 3.63) is 58.3 Å². The monoisotopic (exact) mass is 365 g/mol. The molecule has 0 spiro atoms. The molecule has 3 nitrogen and oxygen atoms in total. The highest BCUT2D eigenvalue weighted by Gasteiger charge is 2.25. The van der Waals surface area contributed by atoms with Gasteiger partial charge in [0, 0.05) is 0 Å². The quantitative estimate of drug-likeness (QED) is 0.901. The lowest BCUT2D eigenvalue weighted by Gasteiger charge is -2.10. The average Bonchev–Trinajstić information content (AvgIpc) is 2.34. The van der Waals surface area contributed by atoms with E-state index in [0.717, 1.165) is 24.3 Å². The largest absolute Gasteiger partial charge is 0.276 e. The van der Waals surface area contributed by atoms with Crippen molar-refractivity contribution in [1.82, 2.24) is 0 Å². The van der Waals surface area contributed by atoms with E-state index in [1.807, 2.05) is 4.72 Å². The molecule has 0 aliphatic rings. The Labute approximate surface area is 121 Å². The van der Waals surface area contributed by atoms with E-state index in [0.29, 0.717) is 0 Å². The van der Waals surface area contributed by atoms with Gasteiger partial charge in [-0.3, -0.25) is 4.72 Å². The van der Waals surface area contributed by atoms with Gasteiger partial charge in [-0.05, 0) is 40.2 Å². The highest BCUT2D eigenvalue weighted by Crippen LogP contribution is 2.26. The minimum atomic E-state index is -4.57. The van der Waals surface area contributed by atoms with E-state index in [2.05, 4.69) is 15.9 Å². The molecule has 0 amide bonds. The van der Waals surface area contributed by atoms with Crippen molar-refractivity contribution in [2.24, 2.45) is 0 Å². The third-order valence-electron chi connectivity index (χ3n) is 2.38. The fraction of sp³-hybridized carbons (Fsp3) is 0. The van der Waals surface area contributed by atoms with Gasteiger partial charge in [0.05, 0.1) is 10.2 Å². The maximum absolute atomic E-state index is 13.7. The summed E-state index contributed by atoms with van der Waals surface area (Å²) in [6, 6.07) is 6.50. The van der Waals surface area contributed by atoms with Gasteiger partial charge in [0.1, 0.15) is 11.6 Å². The van der Waals surface area contributed by atoms with E-state index in [4.69, 9.17) is 0 Å². The summed E-state index contributed by atoms with van der Waals surface area (Å²) >= 11 is 2.88. The van der Waals surface area contributed by atoms with E-state index in [9.17, 15) is 21.6 Å². The number of nitrogens with one attached hydrogen (secondary N) is 1. The van der Waals surface area contributed by atoms with E-state index < -0.39 is 38.1 Å². The van der Waals surface area contributed by atoms with Gasteiger partial charge < -0.3 is 0 Å². The van der Waals surface area contributed by atoms with E-state index in [1.165, 1.54) is 12.1 Å². The van der Waals surface area contributed by atoms with Gasteiger partial charge in [0.25, 0.3) is 10.0 Å². The first-order valence-electron chi connectivity index (χ1n) is 5.24. The minimum Gasteiger partial charge on any atom is -0.276 e. The Kier molecular flexibility index (Phi) is 4.05. The summed E-state index contributed by atoms with van der Waals surface area (Å²) < 4.78 is 66.3. The van der Waals surface area contributed by atoms with Gasteiger partial charge in [0.15, 0.2) is 10.7 Å². The normalized spacial score (nSPS) is 11.4. The average molecular weight is 366 g/mol. The molecule has 2 aromatic carbocycles. The van der Waals surface area contributed by atoms with Crippen LogP contribution in [0.2, 0.25) is 0 Å². The smallest absolute Gasteiger partial charge is 0.267 e. The summed E-state index contributed by atoms with van der Waals surface area (Å²) in [6.45, 7) is 0. The minimum absolute atomic E-state index is 0.0201. The van der Waals surface area contributed by atoms with Crippen LogP contribution in [-0.4, -0.2) is 8.42 Å². The lowest BCUT2D eigenvalue weighted by molar-refractivity contribution is 0.521. The Balaban J connectivity index is 2.50. The second-order valence-electron chi connectivity index (χ2n) is 3.76. The number of benzene rings is 2. The van der Waals surface area contributed by atoms with Crippen LogP contribution in [0.3, 0.4) is 0 Å². The molecule has 20 heavy (non-hydrogen) atoms. The maximum Gasteiger partial charge on any atom is 0.267 e. The second kappa shape index (κ2) is 5.45. The lowest BCUT2D eigenvalue weighted by atomic mass is 10.3. The van der Waals surface area contributed by atoms with Gasteiger partial charge in [-0.15, -0.1) is 0 Å². The molecule has 106 valence electrons. The summed E-state index contributed by atoms with van der Waals surface area (Å²) in [5.74, 6) is -3.39. The van der Waals surface area contributed by atoms with Crippen LogP contribution in [0.15, 0.2) is 45.8 Å². The summed E-state index contributed by atoms with van der Waals surface area (Å²) in [5.41, 5.74) is -0.415. The Morgan fingerprint density at radius 1 is 0.950 bits per heavy atom. The number of anilines is 1. The molecule has 0 aliphatic heterocycles. The first-order valence-corrected chi connectivity index (χ1v) is 7.51. The molecule has 0 atom stereocenters. The molecule has 8 heteroatoms. The number of sulfonamides is 1. The molecular formula is C12H7BrF3NO2S. The number of hydrogen-bond acceptors (Lipinski definition) is 2. The number of hydrogen-bond donors (Lipinski definition) is 1. The maximum atomic E-state index is 13.7. The molecular weight excluding hydrogens is 359 g/mol. The molecule has 0 heterocycles. The second-order valence-corrected chi connectivity index (χ2v) is 6.23. The van der Waals surface area contributed by atoms with Crippen LogP contribution in [0.1, 0.15) is 0 Å². The predicted octanol–water partition coefficient (Wildman–Crippen LogP) is 3.67. The van der Waals surface area contributed by atoms with Gasteiger partial charge in [-0.25, -0.2) is 21.6 Å². The van der Waals surface area contributed by atoms with E-state index >= 15 is 0 Å². The first-order chi connectivity index (χ1) is 9.33. The van der Waals surface area contributed by atoms with Gasteiger partial charge in [-0.2, -0.15) is 0 Å². The van der Waals surface area contributed by atoms with Crippen molar-refractivity contribution in [1.29, 1.82) is 0 Å². The molecule has 2 aromatic rings. The fourth-order valence-corrected chi connectivity index (χ4v) is 3.08. The van der Waals surface area contributed by atoms with Gasteiger partial charge >= 0.3 is 0 Å². The molecule has 0 bridgehead atoms. The van der Waals surface area contributed by atoms with Crippen molar-refractivity contribution in [3.8, 4) is 0 Å². The highest BCUT2D eigenvalue weighted by molar-refractivity contribution is 9.10. The molecule has 0 aliphatic carbocycles. The van der Waals surface area contributed by atoms with Crippen LogP contribution in [0.5, 0.6) is 0 Å². The van der Waals surface area contributed by atoms with Gasteiger partial charge in [-0.1, -0.05) is 12.1 Å². The standard InChI is InChI=1S/C12H7BrF3NO2S/c13-7-3-1-6-10(11(7)16)17-20(18,19)12-8(14)4-2-5-9(12)15/h1-6,17H. The van der Waals surface area contributed by atoms with Crippen LogP contribution in [0.25, 0.3) is 0 Å². The SMILES string of the molecule is O=S(=O)(Nc1cccc(Br)c1F)c1c(F)cccc1F. The number of rotatable bonds is 3. The van der Waals surface area contributed by atoms with Gasteiger partial charge in [0.2, 0.25) is 0 Å². The van der Waals surface area contributed by atoms with Crippen LogP contribution in [0.4, 0.5) is 18.9 Å². The van der Waals surface area contributed by atoms with Crippen LogP contribution in [0, 0.1) is 17.5 Å². The molecule has 0 radical (unpaired) electrons. The third-order valence-corrected chi connectivity index (χ3v) is 4.41. The summed E-state index contributed by atoms with van der Waals surface area (Å²) in [5, 5.41) is 0. The first kappa shape index (κ1) is 14.9. The lowest BCUT2D eigenvalue weighted by Crippen LogP contribution is -2.17. The summed E-state index contributed by atoms with van der Waals surface area (Å²) in [4.78, 5) is -1.15. The number of halogens is 4. The molecule has 0 fully saturated rings. The summed E-state index contributed by atoms with van der Waals surface area (Å²) in [7, 11) is -4.57. The third kappa shape index (κ3) is 2.80. The molecule has 0 unspecified atom stereocenters. The van der Waals surface area contributed by atoms with Crippen molar-refractivity contribution in [3.63, 3.8) is 0 Å². The van der Waals surface area contributed by atoms with Crippen molar-refractivity contribution in [2.75, 3.05) is 4.72 Å². The predicted molar refractivity (Wildman–Crippen MR) is 71.3 cm³/mol.